The minimum Gasteiger partial charge on any atom is -0.271 e. The molecule has 0 saturated heterocycles. The molecular formula is C13H22BrClN2. The highest BCUT2D eigenvalue weighted by atomic mass is 79.9. The van der Waals surface area contributed by atoms with Crippen LogP contribution in [0.2, 0.25) is 5.02 Å². The number of unbranched alkanes of at least 4 members (excludes halogenated alkanes) is 6. The predicted octanol–water partition coefficient (Wildman–Crippen LogP) is 4.97. The van der Waals surface area contributed by atoms with Crippen LogP contribution in [-0.4, -0.2) is 15.1 Å². The van der Waals surface area contributed by atoms with Gasteiger partial charge in [-0.1, -0.05) is 59.6 Å². The molecule has 0 aliphatic rings. The van der Waals surface area contributed by atoms with E-state index in [1.165, 1.54) is 44.9 Å². The van der Waals surface area contributed by atoms with Crippen LogP contribution in [0.1, 0.15) is 50.6 Å². The monoisotopic (exact) mass is 320 g/mol. The Morgan fingerprint density at radius 1 is 1.12 bits per heavy atom. The second-order valence-corrected chi connectivity index (χ2v) is 5.69. The molecule has 17 heavy (non-hydrogen) atoms. The van der Waals surface area contributed by atoms with Gasteiger partial charge in [-0.15, -0.1) is 0 Å². The summed E-state index contributed by atoms with van der Waals surface area (Å²) in [7, 11) is 0. The van der Waals surface area contributed by atoms with E-state index >= 15 is 0 Å². The third-order valence-corrected chi connectivity index (χ3v) is 3.84. The van der Waals surface area contributed by atoms with Gasteiger partial charge in [0, 0.05) is 18.1 Å². The van der Waals surface area contributed by atoms with Crippen molar-refractivity contribution in [1.29, 1.82) is 0 Å². The Balaban J connectivity index is 1.97. The van der Waals surface area contributed by atoms with Crippen molar-refractivity contribution in [3.63, 3.8) is 0 Å². The number of hydrogen-bond acceptors (Lipinski definition) is 1. The molecule has 0 aromatic carbocycles. The molecule has 0 aliphatic heterocycles. The topological polar surface area (TPSA) is 17.8 Å². The molecule has 1 aromatic heterocycles. The number of hydrogen-bond donors (Lipinski definition) is 0. The van der Waals surface area contributed by atoms with E-state index < -0.39 is 0 Å². The Labute approximate surface area is 118 Å². The van der Waals surface area contributed by atoms with Gasteiger partial charge in [0.05, 0.1) is 10.7 Å². The molecule has 1 rings (SSSR count). The van der Waals surface area contributed by atoms with Crippen LogP contribution in [0.3, 0.4) is 0 Å². The molecule has 4 heteroatoms. The number of rotatable bonds is 9. The summed E-state index contributed by atoms with van der Waals surface area (Å²) in [4.78, 5) is 0. The molecule has 0 spiro atoms. The minimum atomic E-state index is 0.778. The first-order chi connectivity index (χ1) is 8.24. The molecule has 98 valence electrons. The molecule has 0 bridgehead atoms. The van der Waals surface area contributed by atoms with E-state index in [4.69, 9.17) is 11.6 Å². The van der Waals surface area contributed by atoms with Gasteiger partial charge in [0.15, 0.2) is 0 Å². The van der Waals surface area contributed by atoms with Gasteiger partial charge in [0.25, 0.3) is 0 Å². The normalized spacial score (nSPS) is 11.0. The molecule has 0 aliphatic carbocycles. The smallest absolute Gasteiger partial charge is 0.0814 e. The molecule has 0 atom stereocenters. The van der Waals surface area contributed by atoms with Crippen LogP contribution in [0.15, 0.2) is 6.20 Å². The van der Waals surface area contributed by atoms with Crippen LogP contribution in [0.4, 0.5) is 0 Å². The van der Waals surface area contributed by atoms with E-state index in [2.05, 4.69) is 21.0 Å². The maximum atomic E-state index is 5.95. The average molecular weight is 322 g/mol. The van der Waals surface area contributed by atoms with E-state index in [9.17, 15) is 0 Å². The average Bonchev–Trinajstić information content (AvgIpc) is 2.62. The lowest BCUT2D eigenvalue weighted by Crippen LogP contribution is -1.98. The second kappa shape index (κ2) is 8.98. The molecule has 0 amide bonds. The Morgan fingerprint density at radius 2 is 1.71 bits per heavy atom. The van der Waals surface area contributed by atoms with Gasteiger partial charge in [0.1, 0.15) is 0 Å². The van der Waals surface area contributed by atoms with Gasteiger partial charge >= 0.3 is 0 Å². The van der Waals surface area contributed by atoms with Crippen molar-refractivity contribution < 1.29 is 0 Å². The molecule has 2 nitrogen and oxygen atoms in total. The molecule has 0 N–H and O–H groups in total. The molecule has 1 aromatic rings. The number of nitrogens with zero attached hydrogens (tertiary/aromatic N) is 2. The van der Waals surface area contributed by atoms with Crippen molar-refractivity contribution in [1.82, 2.24) is 9.78 Å². The standard InChI is InChI=1S/C13H22BrClN2/c1-12-13(15)11-17(16-12)10-8-6-4-2-3-5-7-9-14/h11H,2-10H2,1H3. The van der Waals surface area contributed by atoms with E-state index in [-0.39, 0.29) is 0 Å². The lowest BCUT2D eigenvalue weighted by molar-refractivity contribution is 0.522. The number of aromatic nitrogens is 2. The molecule has 0 saturated carbocycles. The third kappa shape index (κ3) is 6.46. The summed E-state index contributed by atoms with van der Waals surface area (Å²) in [5.41, 5.74) is 0.932. The third-order valence-electron chi connectivity index (χ3n) is 2.91. The van der Waals surface area contributed by atoms with Gasteiger partial charge in [-0.3, -0.25) is 4.68 Å². The first-order valence-corrected chi connectivity index (χ1v) is 7.99. The zero-order chi connectivity index (χ0) is 12.5. The van der Waals surface area contributed by atoms with Crippen LogP contribution in [-0.2, 0) is 6.54 Å². The summed E-state index contributed by atoms with van der Waals surface area (Å²) in [6.45, 7) is 2.94. The lowest BCUT2D eigenvalue weighted by Gasteiger charge is -2.02. The maximum absolute atomic E-state index is 5.95. The maximum Gasteiger partial charge on any atom is 0.0814 e. The molecule has 1 heterocycles. The molecule has 0 radical (unpaired) electrons. The van der Waals surface area contributed by atoms with Crippen molar-refractivity contribution in [3.8, 4) is 0 Å². The number of aryl methyl sites for hydroxylation is 2. The van der Waals surface area contributed by atoms with Gasteiger partial charge in [0.2, 0.25) is 0 Å². The van der Waals surface area contributed by atoms with E-state index in [1.54, 1.807) is 0 Å². The Bertz CT molecular complexity index is 293. The van der Waals surface area contributed by atoms with Gasteiger partial charge < -0.3 is 0 Å². The van der Waals surface area contributed by atoms with Crippen LogP contribution in [0.5, 0.6) is 0 Å². The van der Waals surface area contributed by atoms with E-state index in [0.29, 0.717) is 0 Å². The highest BCUT2D eigenvalue weighted by Gasteiger charge is 2.00. The number of halogens is 2. The summed E-state index contributed by atoms with van der Waals surface area (Å²) in [6, 6.07) is 0. The summed E-state index contributed by atoms with van der Waals surface area (Å²) >= 11 is 9.41. The summed E-state index contributed by atoms with van der Waals surface area (Å²) in [6.07, 6.45) is 11.2. The van der Waals surface area contributed by atoms with Crippen molar-refractivity contribution in [3.05, 3.63) is 16.9 Å². The highest BCUT2D eigenvalue weighted by Crippen LogP contribution is 2.13. The lowest BCUT2D eigenvalue weighted by atomic mass is 10.1. The molecule has 0 fully saturated rings. The van der Waals surface area contributed by atoms with Crippen LogP contribution < -0.4 is 0 Å². The second-order valence-electron chi connectivity index (χ2n) is 4.49. The van der Waals surface area contributed by atoms with Gasteiger partial charge in [-0.05, 0) is 19.8 Å². The summed E-state index contributed by atoms with van der Waals surface area (Å²) in [5, 5.41) is 6.27. The number of alkyl halides is 1. The van der Waals surface area contributed by atoms with Crippen LogP contribution >= 0.6 is 27.5 Å². The summed E-state index contributed by atoms with van der Waals surface area (Å²) in [5.74, 6) is 0. The first-order valence-electron chi connectivity index (χ1n) is 6.49. The molecular weight excluding hydrogens is 300 g/mol. The zero-order valence-corrected chi connectivity index (χ0v) is 12.9. The zero-order valence-electron chi connectivity index (χ0n) is 10.6. The molecule has 0 unspecified atom stereocenters. The van der Waals surface area contributed by atoms with Crippen molar-refractivity contribution in [2.45, 2.75) is 58.4 Å². The largest absolute Gasteiger partial charge is 0.271 e. The fourth-order valence-electron chi connectivity index (χ4n) is 1.86. The van der Waals surface area contributed by atoms with Crippen molar-refractivity contribution in [2.24, 2.45) is 0 Å². The Hall–Kier alpha value is -0.0200. The minimum absolute atomic E-state index is 0.778. The van der Waals surface area contributed by atoms with Crippen molar-refractivity contribution in [2.75, 3.05) is 5.33 Å². The first kappa shape index (κ1) is 15.0. The summed E-state index contributed by atoms with van der Waals surface area (Å²) < 4.78 is 1.96. The predicted molar refractivity (Wildman–Crippen MR) is 78.1 cm³/mol. The van der Waals surface area contributed by atoms with Crippen LogP contribution in [0.25, 0.3) is 0 Å². The van der Waals surface area contributed by atoms with E-state index in [0.717, 1.165) is 22.6 Å². The quantitative estimate of drug-likeness (QED) is 0.464. The Kier molecular flexibility index (Phi) is 7.95. The van der Waals surface area contributed by atoms with Gasteiger partial charge in [-0.2, -0.15) is 5.10 Å². The highest BCUT2D eigenvalue weighted by molar-refractivity contribution is 9.09. The van der Waals surface area contributed by atoms with Crippen LogP contribution in [0, 0.1) is 6.92 Å². The fraction of sp³-hybridized carbons (Fsp3) is 0.769. The van der Waals surface area contributed by atoms with Crippen molar-refractivity contribution >= 4 is 27.5 Å². The van der Waals surface area contributed by atoms with Gasteiger partial charge in [-0.25, -0.2) is 0 Å². The SMILES string of the molecule is Cc1nn(CCCCCCCCCBr)cc1Cl. The Morgan fingerprint density at radius 3 is 2.24 bits per heavy atom. The van der Waals surface area contributed by atoms with E-state index in [1.807, 2.05) is 17.8 Å². The fourth-order valence-corrected chi connectivity index (χ4v) is 2.41.